The van der Waals surface area contributed by atoms with Crippen LogP contribution >= 0.6 is 0 Å². The summed E-state index contributed by atoms with van der Waals surface area (Å²) in [6.45, 7) is 6.48. The lowest BCUT2D eigenvalue weighted by Crippen LogP contribution is -2.03. The molecule has 0 fully saturated rings. The number of benzene rings is 3. The van der Waals surface area contributed by atoms with E-state index in [1.807, 2.05) is 0 Å². The predicted molar refractivity (Wildman–Crippen MR) is 124 cm³/mol. The average Bonchev–Trinajstić information content (AvgIpc) is 3.22. The van der Waals surface area contributed by atoms with E-state index in [-0.39, 0.29) is 0 Å². The highest BCUT2D eigenvalue weighted by Gasteiger charge is 2.22. The van der Waals surface area contributed by atoms with Gasteiger partial charge in [0.15, 0.2) is 0 Å². The standard InChI is InChI=1S/C27H24N2/c1-4-11-24-20(3)26-23-16-8-9-17-25(23)28(21-13-6-5-7-14-21)27(26)29(24)22-15-10-12-19(2)18-22/h4-18H,1-3H3/b11-4-. The quantitative estimate of drug-likeness (QED) is 0.314. The lowest BCUT2D eigenvalue weighted by molar-refractivity contribution is 1.02. The van der Waals surface area contributed by atoms with E-state index in [0.29, 0.717) is 0 Å². The van der Waals surface area contributed by atoms with Crippen LogP contribution < -0.4 is 0 Å². The Labute approximate surface area is 171 Å². The van der Waals surface area contributed by atoms with Gasteiger partial charge in [0.1, 0.15) is 5.65 Å². The third-order valence-corrected chi connectivity index (χ3v) is 5.66. The highest BCUT2D eigenvalue weighted by Crippen LogP contribution is 2.39. The number of para-hydroxylation sites is 2. The molecule has 2 heterocycles. The van der Waals surface area contributed by atoms with Gasteiger partial charge < -0.3 is 0 Å². The Morgan fingerprint density at radius 1 is 0.724 bits per heavy atom. The number of hydrogen-bond donors (Lipinski definition) is 0. The van der Waals surface area contributed by atoms with Gasteiger partial charge in [-0.1, -0.05) is 54.6 Å². The second kappa shape index (κ2) is 6.82. The molecule has 2 aromatic heterocycles. The normalized spacial score (nSPS) is 11.8. The fourth-order valence-corrected chi connectivity index (χ4v) is 4.44. The number of rotatable bonds is 3. The van der Waals surface area contributed by atoms with Crippen LogP contribution in [0, 0.1) is 13.8 Å². The minimum Gasteiger partial charge on any atom is -0.295 e. The lowest BCUT2D eigenvalue weighted by atomic mass is 10.1. The van der Waals surface area contributed by atoms with E-state index < -0.39 is 0 Å². The first-order chi connectivity index (χ1) is 14.2. The molecule has 0 unspecified atom stereocenters. The van der Waals surface area contributed by atoms with Gasteiger partial charge >= 0.3 is 0 Å². The Morgan fingerprint density at radius 2 is 1.45 bits per heavy atom. The topological polar surface area (TPSA) is 9.86 Å². The average molecular weight is 377 g/mol. The molecule has 5 aromatic rings. The van der Waals surface area contributed by atoms with Gasteiger partial charge in [0.25, 0.3) is 0 Å². The summed E-state index contributed by atoms with van der Waals surface area (Å²) in [4.78, 5) is 0. The van der Waals surface area contributed by atoms with Crippen molar-refractivity contribution in [3.8, 4) is 11.4 Å². The van der Waals surface area contributed by atoms with Gasteiger partial charge in [-0.15, -0.1) is 0 Å². The summed E-state index contributed by atoms with van der Waals surface area (Å²) in [5.74, 6) is 0. The van der Waals surface area contributed by atoms with Crippen molar-refractivity contribution < 1.29 is 0 Å². The van der Waals surface area contributed by atoms with E-state index in [0.717, 1.165) is 0 Å². The van der Waals surface area contributed by atoms with Crippen LogP contribution in [0.4, 0.5) is 0 Å². The molecule has 29 heavy (non-hydrogen) atoms. The number of nitrogens with zero attached hydrogens (tertiary/aromatic N) is 2. The van der Waals surface area contributed by atoms with E-state index in [1.165, 1.54) is 50.1 Å². The van der Waals surface area contributed by atoms with Crippen LogP contribution in [0.3, 0.4) is 0 Å². The van der Waals surface area contributed by atoms with Crippen molar-refractivity contribution in [3.63, 3.8) is 0 Å². The SMILES string of the molecule is C/C=C\c1c(C)c2c3ccccc3n(-c3ccccc3)c2n1-c1cccc(C)c1. The number of hydrogen-bond acceptors (Lipinski definition) is 0. The largest absolute Gasteiger partial charge is 0.295 e. The van der Waals surface area contributed by atoms with Gasteiger partial charge in [0, 0.05) is 22.1 Å². The number of aromatic nitrogens is 2. The zero-order valence-corrected chi connectivity index (χ0v) is 17.1. The summed E-state index contributed by atoms with van der Waals surface area (Å²) in [5, 5.41) is 2.61. The maximum Gasteiger partial charge on any atom is 0.131 e. The Bertz CT molecular complexity index is 1360. The fraction of sp³-hybridized carbons (Fsp3) is 0.111. The van der Waals surface area contributed by atoms with Crippen molar-refractivity contribution in [1.82, 2.24) is 9.13 Å². The van der Waals surface area contributed by atoms with Crippen LogP contribution in [0.25, 0.3) is 39.4 Å². The maximum atomic E-state index is 2.41. The van der Waals surface area contributed by atoms with Crippen molar-refractivity contribution in [2.24, 2.45) is 0 Å². The molecule has 0 N–H and O–H groups in total. The van der Waals surface area contributed by atoms with Crippen molar-refractivity contribution >= 4 is 28.0 Å². The van der Waals surface area contributed by atoms with Gasteiger partial charge in [0.05, 0.1) is 11.2 Å². The number of allylic oxidation sites excluding steroid dienone is 1. The van der Waals surface area contributed by atoms with E-state index in [4.69, 9.17) is 0 Å². The zero-order chi connectivity index (χ0) is 20.0. The van der Waals surface area contributed by atoms with Crippen molar-refractivity contribution in [2.75, 3.05) is 0 Å². The molecule has 0 saturated heterocycles. The molecule has 0 radical (unpaired) electrons. The number of fused-ring (bicyclic) bond motifs is 3. The maximum absolute atomic E-state index is 2.41. The minimum absolute atomic E-state index is 1.18. The molecule has 0 aliphatic carbocycles. The van der Waals surface area contributed by atoms with Crippen LogP contribution in [0.15, 0.2) is 84.9 Å². The van der Waals surface area contributed by atoms with E-state index in [9.17, 15) is 0 Å². The summed E-state index contributed by atoms with van der Waals surface area (Å²) in [7, 11) is 0. The highest BCUT2D eigenvalue weighted by atomic mass is 15.1. The Balaban J connectivity index is 2.04. The van der Waals surface area contributed by atoms with Crippen LogP contribution in [0.5, 0.6) is 0 Å². The first-order valence-corrected chi connectivity index (χ1v) is 10.1. The molecule has 2 nitrogen and oxygen atoms in total. The summed E-state index contributed by atoms with van der Waals surface area (Å²) in [6, 6.07) is 28.1. The molecule has 0 aliphatic heterocycles. The van der Waals surface area contributed by atoms with Crippen molar-refractivity contribution in [2.45, 2.75) is 20.8 Å². The van der Waals surface area contributed by atoms with Crippen LogP contribution in [0.1, 0.15) is 23.7 Å². The van der Waals surface area contributed by atoms with E-state index in [1.54, 1.807) is 0 Å². The Kier molecular flexibility index (Phi) is 4.13. The molecule has 5 rings (SSSR count). The second-order valence-electron chi connectivity index (χ2n) is 7.57. The fourth-order valence-electron chi connectivity index (χ4n) is 4.44. The molecular formula is C27H24N2. The summed E-state index contributed by atoms with van der Waals surface area (Å²) in [5.41, 5.74) is 8.63. The second-order valence-corrected chi connectivity index (χ2v) is 7.57. The van der Waals surface area contributed by atoms with Crippen molar-refractivity contribution in [1.29, 1.82) is 0 Å². The van der Waals surface area contributed by atoms with E-state index in [2.05, 4.69) is 121 Å². The first-order valence-electron chi connectivity index (χ1n) is 10.1. The van der Waals surface area contributed by atoms with Gasteiger partial charge in [-0.05, 0) is 68.3 Å². The van der Waals surface area contributed by atoms with Crippen LogP contribution in [-0.2, 0) is 0 Å². The molecule has 0 amide bonds. The molecule has 0 saturated carbocycles. The summed E-state index contributed by atoms with van der Waals surface area (Å²) < 4.78 is 4.80. The summed E-state index contributed by atoms with van der Waals surface area (Å²) >= 11 is 0. The predicted octanol–water partition coefficient (Wildman–Crippen LogP) is 7.22. The minimum atomic E-state index is 1.18. The molecular weight excluding hydrogens is 352 g/mol. The molecule has 3 aromatic carbocycles. The highest BCUT2D eigenvalue weighted by molar-refractivity contribution is 6.12. The molecule has 2 heteroatoms. The molecule has 0 bridgehead atoms. The molecule has 0 spiro atoms. The van der Waals surface area contributed by atoms with Gasteiger partial charge in [-0.25, -0.2) is 0 Å². The zero-order valence-electron chi connectivity index (χ0n) is 17.1. The molecule has 0 atom stereocenters. The Morgan fingerprint density at radius 3 is 2.21 bits per heavy atom. The van der Waals surface area contributed by atoms with Gasteiger partial charge in [-0.2, -0.15) is 0 Å². The Hall–Kier alpha value is -3.52. The van der Waals surface area contributed by atoms with Crippen LogP contribution in [-0.4, -0.2) is 9.13 Å². The number of aryl methyl sites for hydroxylation is 2. The third kappa shape index (κ3) is 2.64. The van der Waals surface area contributed by atoms with E-state index >= 15 is 0 Å². The van der Waals surface area contributed by atoms with Crippen molar-refractivity contribution in [3.05, 3.63) is 102 Å². The third-order valence-electron chi connectivity index (χ3n) is 5.66. The van der Waals surface area contributed by atoms with Gasteiger partial charge in [0.2, 0.25) is 0 Å². The van der Waals surface area contributed by atoms with Gasteiger partial charge in [-0.3, -0.25) is 9.13 Å². The van der Waals surface area contributed by atoms with Crippen LogP contribution in [0.2, 0.25) is 0 Å². The first kappa shape index (κ1) is 17.6. The lowest BCUT2D eigenvalue weighted by Gasteiger charge is -2.14. The molecule has 142 valence electrons. The monoisotopic (exact) mass is 376 g/mol. The molecule has 0 aliphatic rings. The summed E-state index contributed by atoms with van der Waals surface area (Å²) in [6.07, 6.45) is 4.35. The smallest absolute Gasteiger partial charge is 0.131 e.